The third-order valence-corrected chi connectivity index (χ3v) is 3.47. The second-order valence-corrected chi connectivity index (χ2v) is 5.47. The van der Waals surface area contributed by atoms with Gasteiger partial charge in [-0.3, -0.25) is 9.59 Å². The number of benzene rings is 2. The molecule has 0 spiro atoms. The van der Waals surface area contributed by atoms with Crippen molar-refractivity contribution in [3.8, 4) is 5.75 Å². The number of esters is 1. The Morgan fingerprint density at radius 3 is 2.44 bits per heavy atom. The van der Waals surface area contributed by atoms with Crippen LogP contribution in [-0.4, -0.2) is 31.4 Å². The van der Waals surface area contributed by atoms with Gasteiger partial charge in [0.25, 0.3) is 5.91 Å². The first kappa shape index (κ1) is 18.2. The molecular weight excluding hydrogens is 322 g/mol. The smallest absolute Gasteiger partial charge is 0.338 e. The molecule has 2 rings (SSSR count). The summed E-state index contributed by atoms with van der Waals surface area (Å²) in [6.45, 7) is 2.85. The van der Waals surface area contributed by atoms with Crippen molar-refractivity contribution >= 4 is 23.3 Å². The van der Waals surface area contributed by atoms with E-state index in [0.717, 1.165) is 5.56 Å². The molecule has 0 aliphatic heterocycles. The largest absolute Gasteiger partial charge is 0.495 e. The van der Waals surface area contributed by atoms with Crippen LogP contribution in [-0.2, 0) is 9.53 Å². The summed E-state index contributed by atoms with van der Waals surface area (Å²) in [7, 11) is 1.50. The number of rotatable bonds is 6. The fraction of sp³-hybridized carbons (Fsp3) is 0.211. The lowest BCUT2D eigenvalue weighted by Gasteiger charge is -2.11. The van der Waals surface area contributed by atoms with Crippen molar-refractivity contribution in [1.82, 2.24) is 0 Å². The zero-order valence-corrected chi connectivity index (χ0v) is 14.3. The SMILES string of the molecule is COc1ccc(C)cc1NC(=O)COC(=O)c1cccc(C(C)=O)c1. The number of methoxy groups -OCH3 is 1. The lowest BCUT2D eigenvalue weighted by molar-refractivity contribution is -0.119. The molecule has 0 heterocycles. The number of carbonyl (C=O) groups excluding carboxylic acids is 3. The van der Waals surface area contributed by atoms with Crippen molar-refractivity contribution in [2.24, 2.45) is 0 Å². The van der Waals surface area contributed by atoms with Crippen LogP contribution >= 0.6 is 0 Å². The normalized spacial score (nSPS) is 10.0. The minimum atomic E-state index is -0.672. The van der Waals surface area contributed by atoms with Crippen molar-refractivity contribution in [2.45, 2.75) is 13.8 Å². The predicted octanol–water partition coefficient (Wildman–Crippen LogP) is 3.00. The molecule has 0 saturated heterocycles. The van der Waals surface area contributed by atoms with Gasteiger partial charge in [0.2, 0.25) is 0 Å². The van der Waals surface area contributed by atoms with Gasteiger partial charge in [0.15, 0.2) is 12.4 Å². The Kier molecular flexibility index (Phi) is 5.89. The number of hydrogen-bond donors (Lipinski definition) is 1. The van der Waals surface area contributed by atoms with E-state index >= 15 is 0 Å². The van der Waals surface area contributed by atoms with E-state index in [-0.39, 0.29) is 11.3 Å². The summed E-state index contributed by atoms with van der Waals surface area (Å²) in [5.41, 5.74) is 2.08. The van der Waals surface area contributed by atoms with E-state index in [1.54, 1.807) is 24.3 Å². The summed E-state index contributed by atoms with van der Waals surface area (Å²) >= 11 is 0. The van der Waals surface area contributed by atoms with Gasteiger partial charge in [-0.05, 0) is 43.7 Å². The zero-order chi connectivity index (χ0) is 18.4. The minimum Gasteiger partial charge on any atom is -0.495 e. The minimum absolute atomic E-state index is 0.154. The number of aryl methyl sites for hydroxylation is 1. The van der Waals surface area contributed by atoms with E-state index in [9.17, 15) is 14.4 Å². The second-order valence-electron chi connectivity index (χ2n) is 5.47. The number of hydrogen-bond acceptors (Lipinski definition) is 5. The van der Waals surface area contributed by atoms with Crippen molar-refractivity contribution in [3.05, 3.63) is 59.2 Å². The maximum atomic E-state index is 12.0. The van der Waals surface area contributed by atoms with Crippen LogP contribution in [0.15, 0.2) is 42.5 Å². The maximum absolute atomic E-state index is 12.0. The van der Waals surface area contributed by atoms with Gasteiger partial charge < -0.3 is 14.8 Å². The molecule has 0 bridgehead atoms. The molecular formula is C19H19NO5. The molecule has 6 nitrogen and oxygen atoms in total. The summed E-state index contributed by atoms with van der Waals surface area (Å²) in [4.78, 5) is 35.4. The van der Waals surface area contributed by atoms with Crippen LogP contribution in [0.3, 0.4) is 0 Å². The molecule has 0 atom stereocenters. The average Bonchev–Trinajstić information content (AvgIpc) is 2.60. The summed E-state index contributed by atoms with van der Waals surface area (Å²) in [6.07, 6.45) is 0. The van der Waals surface area contributed by atoms with Gasteiger partial charge in [-0.1, -0.05) is 18.2 Å². The molecule has 1 amide bonds. The zero-order valence-electron chi connectivity index (χ0n) is 14.3. The lowest BCUT2D eigenvalue weighted by atomic mass is 10.1. The van der Waals surface area contributed by atoms with Crippen molar-refractivity contribution in [1.29, 1.82) is 0 Å². The number of nitrogens with one attached hydrogen (secondary N) is 1. The van der Waals surface area contributed by atoms with Crippen LogP contribution in [0.25, 0.3) is 0 Å². The highest BCUT2D eigenvalue weighted by molar-refractivity contribution is 5.99. The van der Waals surface area contributed by atoms with E-state index in [1.807, 2.05) is 13.0 Å². The first-order chi connectivity index (χ1) is 11.9. The first-order valence-corrected chi connectivity index (χ1v) is 7.63. The van der Waals surface area contributed by atoms with Gasteiger partial charge in [0.1, 0.15) is 5.75 Å². The van der Waals surface area contributed by atoms with Crippen molar-refractivity contribution < 1.29 is 23.9 Å². The molecule has 0 radical (unpaired) electrons. The third kappa shape index (κ3) is 4.91. The number of amides is 1. The van der Waals surface area contributed by atoms with Gasteiger partial charge in [0.05, 0.1) is 18.4 Å². The highest BCUT2D eigenvalue weighted by atomic mass is 16.5. The number of Topliss-reactive ketones (excluding diaryl/α,β-unsaturated/α-hetero) is 1. The molecule has 6 heteroatoms. The van der Waals surface area contributed by atoms with Gasteiger partial charge in [-0.25, -0.2) is 4.79 Å². The van der Waals surface area contributed by atoms with Crippen LogP contribution in [0, 0.1) is 6.92 Å². The van der Waals surface area contributed by atoms with Crippen LogP contribution < -0.4 is 10.1 Å². The monoisotopic (exact) mass is 341 g/mol. The van der Waals surface area contributed by atoms with E-state index in [0.29, 0.717) is 17.0 Å². The third-order valence-electron chi connectivity index (χ3n) is 3.47. The Balaban J connectivity index is 1.98. The second kappa shape index (κ2) is 8.10. The molecule has 2 aromatic carbocycles. The number of ketones is 1. The molecule has 0 unspecified atom stereocenters. The molecule has 0 aliphatic rings. The Hall–Kier alpha value is -3.15. The summed E-state index contributed by atoms with van der Waals surface area (Å²) in [5.74, 6) is -0.798. The van der Waals surface area contributed by atoms with Crippen LogP contribution in [0.4, 0.5) is 5.69 Å². The standard InChI is InChI=1S/C19H19NO5/c1-12-7-8-17(24-3)16(9-12)20-18(22)11-25-19(23)15-6-4-5-14(10-15)13(2)21/h4-10H,11H2,1-3H3,(H,20,22). The van der Waals surface area contributed by atoms with E-state index in [1.165, 1.54) is 26.2 Å². The number of ether oxygens (including phenoxy) is 2. The van der Waals surface area contributed by atoms with E-state index in [2.05, 4.69) is 5.32 Å². The molecule has 0 fully saturated rings. The molecule has 2 aromatic rings. The highest BCUT2D eigenvalue weighted by Gasteiger charge is 2.13. The highest BCUT2D eigenvalue weighted by Crippen LogP contribution is 2.25. The van der Waals surface area contributed by atoms with Crippen molar-refractivity contribution in [2.75, 3.05) is 19.0 Å². The van der Waals surface area contributed by atoms with Gasteiger partial charge in [-0.2, -0.15) is 0 Å². The van der Waals surface area contributed by atoms with Gasteiger partial charge in [0, 0.05) is 5.56 Å². The van der Waals surface area contributed by atoms with Crippen LogP contribution in [0.5, 0.6) is 5.75 Å². The number of anilines is 1. The molecule has 25 heavy (non-hydrogen) atoms. The van der Waals surface area contributed by atoms with E-state index in [4.69, 9.17) is 9.47 Å². The molecule has 1 N–H and O–H groups in total. The molecule has 130 valence electrons. The van der Waals surface area contributed by atoms with Crippen LogP contribution in [0.2, 0.25) is 0 Å². The molecule has 0 aromatic heterocycles. The van der Waals surface area contributed by atoms with E-state index < -0.39 is 18.5 Å². The molecule has 0 aliphatic carbocycles. The fourth-order valence-electron chi connectivity index (χ4n) is 2.19. The maximum Gasteiger partial charge on any atom is 0.338 e. The summed E-state index contributed by atoms with van der Waals surface area (Å²) < 4.78 is 10.2. The van der Waals surface area contributed by atoms with Gasteiger partial charge >= 0.3 is 5.97 Å². The first-order valence-electron chi connectivity index (χ1n) is 7.63. The predicted molar refractivity (Wildman–Crippen MR) is 93.1 cm³/mol. The van der Waals surface area contributed by atoms with Crippen molar-refractivity contribution in [3.63, 3.8) is 0 Å². The van der Waals surface area contributed by atoms with Crippen LogP contribution in [0.1, 0.15) is 33.2 Å². The van der Waals surface area contributed by atoms with Gasteiger partial charge in [-0.15, -0.1) is 0 Å². The quantitative estimate of drug-likeness (QED) is 0.645. The molecule has 0 saturated carbocycles. The Morgan fingerprint density at radius 2 is 1.76 bits per heavy atom. The topological polar surface area (TPSA) is 81.7 Å². The summed E-state index contributed by atoms with van der Waals surface area (Å²) in [5, 5.41) is 2.64. The lowest BCUT2D eigenvalue weighted by Crippen LogP contribution is -2.21. The Labute approximate surface area is 145 Å². The fourth-order valence-corrected chi connectivity index (χ4v) is 2.19. The summed E-state index contributed by atoms with van der Waals surface area (Å²) in [6, 6.07) is 11.5. The average molecular weight is 341 g/mol. The number of carbonyl (C=O) groups is 3. The Morgan fingerprint density at radius 1 is 1.04 bits per heavy atom. The Bertz CT molecular complexity index is 813.